The van der Waals surface area contributed by atoms with E-state index in [0.717, 1.165) is 11.1 Å². The highest BCUT2D eigenvalue weighted by atomic mass is 16.5. The van der Waals surface area contributed by atoms with Crippen LogP contribution in [0.25, 0.3) is 27.8 Å². The Hall–Kier alpha value is -5.31. The third-order valence-electron chi connectivity index (χ3n) is 5.69. The Morgan fingerprint density at radius 1 is 0.889 bits per heavy atom. The van der Waals surface area contributed by atoms with Crippen LogP contribution in [-0.2, 0) is 0 Å². The fraction of sp³-hybridized carbons (Fsp3) is 0. The van der Waals surface area contributed by atoms with Gasteiger partial charge in [-0.15, -0.1) is 0 Å². The number of H-pyrrole nitrogens is 1. The van der Waals surface area contributed by atoms with Crippen molar-refractivity contribution in [1.82, 2.24) is 24.5 Å². The van der Waals surface area contributed by atoms with Crippen molar-refractivity contribution in [2.24, 2.45) is 0 Å². The molecular weight excluding hydrogens is 456 g/mol. The molecule has 9 nitrogen and oxygen atoms in total. The standard InChI is InChI=1S/C27H18N6O3/c34-23-20-7-4-13-29-25(20)33(18-5-2-1-3-6-18)15-22(23)26(35)32-17-8-10-19(11-9-17)36-27-21-12-14-28-24(21)30-16-31-27/h1-16H,(H,32,35)(H,28,30,31). The minimum absolute atomic E-state index is 0.00974. The summed E-state index contributed by atoms with van der Waals surface area (Å²) in [5.41, 5.74) is 2.08. The van der Waals surface area contributed by atoms with Crippen LogP contribution in [0, 0.1) is 0 Å². The van der Waals surface area contributed by atoms with E-state index in [2.05, 4.69) is 25.3 Å². The molecule has 4 aromatic heterocycles. The summed E-state index contributed by atoms with van der Waals surface area (Å²) in [6.45, 7) is 0. The number of aromatic amines is 1. The van der Waals surface area contributed by atoms with Crippen molar-refractivity contribution in [3.8, 4) is 17.3 Å². The Morgan fingerprint density at radius 2 is 1.72 bits per heavy atom. The van der Waals surface area contributed by atoms with Crippen molar-refractivity contribution in [3.63, 3.8) is 0 Å². The lowest BCUT2D eigenvalue weighted by atomic mass is 10.1. The van der Waals surface area contributed by atoms with Crippen LogP contribution in [0.3, 0.4) is 0 Å². The normalized spacial score (nSPS) is 11.0. The Morgan fingerprint density at radius 3 is 2.56 bits per heavy atom. The Bertz CT molecular complexity index is 1780. The molecule has 6 aromatic rings. The summed E-state index contributed by atoms with van der Waals surface area (Å²) in [7, 11) is 0. The number of amides is 1. The van der Waals surface area contributed by atoms with Gasteiger partial charge in [0.15, 0.2) is 0 Å². The number of carbonyl (C=O) groups excluding carboxylic acids is 1. The van der Waals surface area contributed by atoms with Gasteiger partial charge in [0.05, 0.1) is 10.8 Å². The van der Waals surface area contributed by atoms with E-state index in [4.69, 9.17) is 4.74 Å². The molecule has 6 rings (SSSR count). The van der Waals surface area contributed by atoms with E-state index in [1.807, 2.05) is 36.4 Å². The van der Waals surface area contributed by atoms with Crippen LogP contribution in [0.15, 0.2) is 103 Å². The first-order valence-electron chi connectivity index (χ1n) is 11.1. The number of carbonyl (C=O) groups is 1. The predicted molar refractivity (Wildman–Crippen MR) is 136 cm³/mol. The monoisotopic (exact) mass is 474 g/mol. The second-order valence-corrected chi connectivity index (χ2v) is 7.95. The minimum Gasteiger partial charge on any atom is -0.438 e. The van der Waals surface area contributed by atoms with E-state index in [1.165, 1.54) is 12.5 Å². The third-order valence-corrected chi connectivity index (χ3v) is 5.69. The van der Waals surface area contributed by atoms with Crippen LogP contribution in [0.2, 0.25) is 0 Å². The number of ether oxygens (including phenoxy) is 1. The van der Waals surface area contributed by atoms with E-state index < -0.39 is 5.91 Å². The first kappa shape index (κ1) is 21.2. The van der Waals surface area contributed by atoms with Gasteiger partial charge in [-0.2, -0.15) is 0 Å². The molecule has 0 fully saturated rings. The first-order valence-corrected chi connectivity index (χ1v) is 11.1. The number of pyridine rings is 2. The van der Waals surface area contributed by atoms with Crippen LogP contribution in [0.5, 0.6) is 11.6 Å². The van der Waals surface area contributed by atoms with Gasteiger partial charge in [-0.3, -0.25) is 9.59 Å². The van der Waals surface area contributed by atoms with Crippen molar-refractivity contribution >= 4 is 33.7 Å². The molecule has 0 aliphatic heterocycles. The van der Waals surface area contributed by atoms with Crippen molar-refractivity contribution in [2.45, 2.75) is 0 Å². The van der Waals surface area contributed by atoms with E-state index in [9.17, 15) is 9.59 Å². The van der Waals surface area contributed by atoms with Crippen LogP contribution in [0.4, 0.5) is 5.69 Å². The van der Waals surface area contributed by atoms with Crippen LogP contribution in [0.1, 0.15) is 10.4 Å². The van der Waals surface area contributed by atoms with Gasteiger partial charge in [-0.05, 0) is 54.6 Å². The summed E-state index contributed by atoms with van der Waals surface area (Å²) in [5.74, 6) is 0.440. The molecule has 0 saturated heterocycles. The second kappa shape index (κ2) is 8.80. The Kier molecular flexibility index (Phi) is 5.19. The zero-order chi connectivity index (χ0) is 24.5. The molecule has 36 heavy (non-hydrogen) atoms. The summed E-state index contributed by atoms with van der Waals surface area (Å²) in [4.78, 5) is 42.0. The fourth-order valence-corrected chi connectivity index (χ4v) is 3.95. The molecule has 0 spiro atoms. The molecule has 4 heterocycles. The van der Waals surface area contributed by atoms with Gasteiger partial charge in [-0.1, -0.05) is 18.2 Å². The lowest BCUT2D eigenvalue weighted by Crippen LogP contribution is -2.24. The molecule has 1 amide bonds. The summed E-state index contributed by atoms with van der Waals surface area (Å²) in [5, 5.41) is 3.92. The van der Waals surface area contributed by atoms with Crippen molar-refractivity contribution < 1.29 is 9.53 Å². The first-order chi connectivity index (χ1) is 17.7. The topological polar surface area (TPSA) is 115 Å². The molecule has 174 valence electrons. The Labute approximate surface area is 204 Å². The Balaban J connectivity index is 1.29. The van der Waals surface area contributed by atoms with E-state index in [1.54, 1.807) is 53.4 Å². The molecule has 0 aliphatic carbocycles. The molecule has 0 bridgehead atoms. The molecule has 0 unspecified atom stereocenters. The highest BCUT2D eigenvalue weighted by molar-refractivity contribution is 6.05. The van der Waals surface area contributed by atoms with Crippen molar-refractivity contribution in [2.75, 3.05) is 5.32 Å². The predicted octanol–water partition coefficient (Wildman–Crippen LogP) is 4.70. The maximum absolute atomic E-state index is 13.2. The zero-order valence-corrected chi connectivity index (χ0v) is 18.8. The molecule has 2 aromatic carbocycles. The number of rotatable bonds is 5. The van der Waals surface area contributed by atoms with Gasteiger partial charge < -0.3 is 19.6 Å². The lowest BCUT2D eigenvalue weighted by molar-refractivity contribution is 0.102. The number of aromatic nitrogens is 5. The zero-order valence-electron chi connectivity index (χ0n) is 18.8. The lowest BCUT2D eigenvalue weighted by Gasteiger charge is -2.13. The number of nitrogens with zero attached hydrogens (tertiary/aromatic N) is 4. The third kappa shape index (κ3) is 3.84. The van der Waals surface area contributed by atoms with E-state index >= 15 is 0 Å². The maximum atomic E-state index is 13.2. The van der Waals surface area contributed by atoms with Crippen molar-refractivity contribution in [1.29, 1.82) is 0 Å². The fourth-order valence-electron chi connectivity index (χ4n) is 3.95. The highest BCUT2D eigenvalue weighted by Gasteiger charge is 2.17. The summed E-state index contributed by atoms with van der Waals surface area (Å²) >= 11 is 0. The molecule has 0 saturated carbocycles. The molecule has 0 atom stereocenters. The highest BCUT2D eigenvalue weighted by Crippen LogP contribution is 2.27. The van der Waals surface area contributed by atoms with Gasteiger partial charge >= 0.3 is 0 Å². The number of nitrogens with one attached hydrogen (secondary N) is 2. The van der Waals surface area contributed by atoms with E-state index in [0.29, 0.717) is 34.0 Å². The molecular formula is C27H18N6O3. The SMILES string of the molecule is O=C(Nc1ccc(Oc2ncnc3[nH]ccc23)cc1)c1cn(-c2ccccc2)c2ncccc2c1=O. The summed E-state index contributed by atoms with van der Waals surface area (Å²) in [6, 6.07) is 21.4. The van der Waals surface area contributed by atoms with Gasteiger partial charge in [-0.25, -0.2) is 15.0 Å². The number of fused-ring (bicyclic) bond motifs is 2. The van der Waals surface area contributed by atoms with Crippen LogP contribution < -0.4 is 15.5 Å². The molecule has 2 N–H and O–H groups in total. The maximum Gasteiger partial charge on any atom is 0.261 e. The van der Waals surface area contributed by atoms with Crippen molar-refractivity contribution in [3.05, 3.63) is 114 Å². The summed E-state index contributed by atoms with van der Waals surface area (Å²) in [6.07, 6.45) is 6.33. The quantitative estimate of drug-likeness (QED) is 0.374. The summed E-state index contributed by atoms with van der Waals surface area (Å²) < 4.78 is 7.62. The number of para-hydroxylation sites is 1. The largest absolute Gasteiger partial charge is 0.438 e. The smallest absolute Gasteiger partial charge is 0.261 e. The van der Waals surface area contributed by atoms with Crippen LogP contribution in [-0.4, -0.2) is 30.4 Å². The number of hydrogen-bond acceptors (Lipinski definition) is 6. The average Bonchev–Trinajstić information content (AvgIpc) is 3.41. The number of benzene rings is 2. The number of hydrogen-bond donors (Lipinski definition) is 2. The molecule has 9 heteroatoms. The second-order valence-electron chi connectivity index (χ2n) is 7.95. The van der Waals surface area contributed by atoms with Gasteiger partial charge in [0, 0.05) is 30.0 Å². The average molecular weight is 474 g/mol. The van der Waals surface area contributed by atoms with Gasteiger partial charge in [0.1, 0.15) is 28.9 Å². The van der Waals surface area contributed by atoms with Gasteiger partial charge in [0.2, 0.25) is 11.3 Å². The molecule has 0 radical (unpaired) electrons. The van der Waals surface area contributed by atoms with Crippen LogP contribution >= 0.6 is 0 Å². The van der Waals surface area contributed by atoms with E-state index in [-0.39, 0.29) is 11.0 Å². The number of anilines is 1. The minimum atomic E-state index is -0.520. The molecule has 0 aliphatic rings. The van der Waals surface area contributed by atoms with Gasteiger partial charge in [0.25, 0.3) is 5.91 Å².